The van der Waals surface area contributed by atoms with Crippen LogP contribution >= 0.6 is 0 Å². The van der Waals surface area contributed by atoms with Gasteiger partial charge in [-0.1, -0.05) is 0 Å². The highest BCUT2D eigenvalue weighted by atomic mass is 16.3. The SMILES string of the molecule is N#Cc1ccc(C#N)c(-c2cn[c]o2)c1. The number of hydrogen-bond donors (Lipinski definition) is 0. The van der Waals surface area contributed by atoms with Gasteiger partial charge in [-0.3, -0.25) is 0 Å². The fourth-order valence-electron chi connectivity index (χ4n) is 1.23. The van der Waals surface area contributed by atoms with Crippen molar-refractivity contribution in [3.8, 4) is 23.5 Å². The normalized spacial score (nSPS) is 9.20. The highest BCUT2D eigenvalue weighted by Gasteiger charge is 2.09. The highest BCUT2D eigenvalue weighted by molar-refractivity contribution is 5.67. The van der Waals surface area contributed by atoms with E-state index < -0.39 is 0 Å². The molecule has 0 fully saturated rings. The van der Waals surface area contributed by atoms with Crippen LogP contribution < -0.4 is 0 Å². The first-order valence-corrected chi connectivity index (χ1v) is 4.11. The van der Waals surface area contributed by atoms with Crippen LogP contribution in [0.4, 0.5) is 0 Å². The van der Waals surface area contributed by atoms with Crippen LogP contribution in [0.3, 0.4) is 0 Å². The van der Waals surface area contributed by atoms with Crippen molar-refractivity contribution in [2.24, 2.45) is 0 Å². The van der Waals surface area contributed by atoms with E-state index in [1.54, 1.807) is 18.2 Å². The maximum absolute atomic E-state index is 8.88. The van der Waals surface area contributed by atoms with Crippen molar-refractivity contribution in [3.63, 3.8) is 0 Å². The molecule has 0 amide bonds. The van der Waals surface area contributed by atoms with Gasteiger partial charge in [0.2, 0.25) is 0 Å². The molecule has 1 aromatic carbocycles. The summed E-state index contributed by atoms with van der Waals surface area (Å²) in [5.74, 6) is 0.434. The topological polar surface area (TPSA) is 73.6 Å². The molecule has 0 aliphatic heterocycles. The molecule has 2 aromatic rings. The molecule has 1 radical (unpaired) electrons. The minimum absolute atomic E-state index is 0.434. The quantitative estimate of drug-likeness (QED) is 0.694. The van der Waals surface area contributed by atoms with Gasteiger partial charge < -0.3 is 4.42 Å². The average Bonchev–Trinajstić information content (AvgIpc) is 2.81. The Morgan fingerprint density at radius 3 is 2.73 bits per heavy atom. The van der Waals surface area contributed by atoms with Gasteiger partial charge in [-0.05, 0) is 18.2 Å². The van der Waals surface area contributed by atoms with Crippen molar-refractivity contribution in [2.75, 3.05) is 0 Å². The summed E-state index contributed by atoms with van der Waals surface area (Å²) in [6.45, 7) is 0. The largest absolute Gasteiger partial charge is 0.432 e. The molecule has 2 rings (SSSR count). The lowest BCUT2D eigenvalue weighted by atomic mass is 10.0. The third-order valence-electron chi connectivity index (χ3n) is 1.92. The lowest BCUT2D eigenvalue weighted by Gasteiger charge is -1.99. The molecule has 0 bridgehead atoms. The molecule has 0 atom stereocenters. The second-order valence-corrected chi connectivity index (χ2v) is 2.80. The van der Waals surface area contributed by atoms with E-state index in [0.29, 0.717) is 22.5 Å². The first-order valence-electron chi connectivity index (χ1n) is 4.11. The predicted molar refractivity (Wildman–Crippen MR) is 50.2 cm³/mol. The molecule has 0 saturated heterocycles. The lowest BCUT2D eigenvalue weighted by Crippen LogP contribution is -1.84. The van der Waals surface area contributed by atoms with Gasteiger partial charge in [-0.25, -0.2) is 4.98 Å². The van der Waals surface area contributed by atoms with E-state index in [2.05, 4.69) is 11.4 Å². The maximum atomic E-state index is 8.88. The minimum Gasteiger partial charge on any atom is -0.432 e. The predicted octanol–water partition coefficient (Wildman–Crippen LogP) is 1.89. The van der Waals surface area contributed by atoms with Gasteiger partial charge in [-0.15, -0.1) is 0 Å². The number of benzene rings is 1. The summed E-state index contributed by atoms with van der Waals surface area (Å²) in [5, 5.41) is 17.6. The minimum atomic E-state index is 0.434. The Kier molecular flexibility index (Phi) is 2.19. The van der Waals surface area contributed by atoms with E-state index in [-0.39, 0.29) is 0 Å². The molecular formula is C11H4N3O. The molecule has 4 nitrogen and oxygen atoms in total. The van der Waals surface area contributed by atoms with Gasteiger partial charge >= 0.3 is 0 Å². The summed E-state index contributed by atoms with van der Waals surface area (Å²) in [7, 11) is 0. The average molecular weight is 194 g/mol. The van der Waals surface area contributed by atoms with Gasteiger partial charge in [-0.2, -0.15) is 10.5 Å². The Morgan fingerprint density at radius 1 is 1.27 bits per heavy atom. The summed E-state index contributed by atoms with van der Waals surface area (Å²) in [4.78, 5) is 3.65. The van der Waals surface area contributed by atoms with E-state index in [1.165, 1.54) is 6.20 Å². The Labute approximate surface area is 86.0 Å². The van der Waals surface area contributed by atoms with E-state index in [0.717, 1.165) is 0 Å². The van der Waals surface area contributed by atoms with Crippen LogP contribution in [0.15, 0.2) is 28.8 Å². The molecule has 69 valence electrons. The molecule has 4 heteroatoms. The molecule has 0 spiro atoms. The number of nitrogens with zero attached hydrogens (tertiary/aromatic N) is 3. The molecule has 0 saturated carbocycles. The molecule has 15 heavy (non-hydrogen) atoms. The number of rotatable bonds is 1. The van der Waals surface area contributed by atoms with Gasteiger partial charge in [0.15, 0.2) is 5.76 Å². The molecule has 0 aliphatic carbocycles. The first kappa shape index (κ1) is 8.98. The molecule has 1 heterocycles. The summed E-state index contributed by atoms with van der Waals surface area (Å²) < 4.78 is 4.96. The van der Waals surface area contributed by atoms with Crippen LogP contribution in [0.25, 0.3) is 11.3 Å². The standard InChI is InChI=1S/C11H4N3O/c12-4-8-1-2-9(5-13)10(3-8)11-6-14-7-15-11/h1-3,6H. The maximum Gasteiger partial charge on any atom is 0.284 e. The first-order chi connectivity index (χ1) is 7.35. The second-order valence-electron chi connectivity index (χ2n) is 2.80. The van der Waals surface area contributed by atoms with E-state index in [9.17, 15) is 0 Å². The summed E-state index contributed by atoms with van der Waals surface area (Å²) in [6.07, 6.45) is 3.76. The van der Waals surface area contributed by atoms with E-state index in [4.69, 9.17) is 14.9 Å². The van der Waals surface area contributed by atoms with Gasteiger partial charge in [0.1, 0.15) is 0 Å². The number of aromatic nitrogens is 1. The van der Waals surface area contributed by atoms with Crippen molar-refractivity contribution in [1.29, 1.82) is 10.5 Å². The molecule has 0 aliphatic rings. The third kappa shape index (κ3) is 1.56. The molecule has 0 N–H and O–H groups in total. The van der Waals surface area contributed by atoms with Gasteiger partial charge in [0.25, 0.3) is 6.39 Å². The molecule has 0 unspecified atom stereocenters. The Balaban J connectivity index is 2.65. The van der Waals surface area contributed by atoms with Crippen molar-refractivity contribution in [3.05, 3.63) is 41.9 Å². The zero-order chi connectivity index (χ0) is 10.7. The van der Waals surface area contributed by atoms with Crippen LogP contribution in [-0.4, -0.2) is 4.98 Å². The zero-order valence-electron chi connectivity index (χ0n) is 7.56. The number of hydrogen-bond acceptors (Lipinski definition) is 4. The lowest BCUT2D eigenvalue weighted by molar-refractivity contribution is 0.561. The number of nitriles is 2. The highest BCUT2D eigenvalue weighted by Crippen LogP contribution is 2.23. The third-order valence-corrected chi connectivity index (χ3v) is 1.92. The Bertz CT molecular complexity index is 559. The van der Waals surface area contributed by atoms with E-state index >= 15 is 0 Å². The number of oxazole rings is 1. The van der Waals surface area contributed by atoms with Crippen molar-refractivity contribution in [2.45, 2.75) is 0 Å². The smallest absolute Gasteiger partial charge is 0.284 e. The Hall–Kier alpha value is -2.59. The summed E-state index contributed by atoms with van der Waals surface area (Å²) in [5.41, 5.74) is 1.48. The van der Waals surface area contributed by atoms with Crippen molar-refractivity contribution >= 4 is 0 Å². The monoisotopic (exact) mass is 194 g/mol. The van der Waals surface area contributed by atoms with Crippen LogP contribution in [-0.2, 0) is 0 Å². The Morgan fingerprint density at radius 2 is 2.13 bits per heavy atom. The summed E-state index contributed by atoms with van der Waals surface area (Å²) >= 11 is 0. The summed E-state index contributed by atoms with van der Waals surface area (Å²) in [6, 6.07) is 8.78. The fourth-order valence-corrected chi connectivity index (χ4v) is 1.23. The molecule has 1 aromatic heterocycles. The van der Waals surface area contributed by atoms with Gasteiger partial charge in [0, 0.05) is 5.56 Å². The van der Waals surface area contributed by atoms with Crippen molar-refractivity contribution < 1.29 is 4.42 Å². The van der Waals surface area contributed by atoms with Crippen LogP contribution in [0.5, 0.6) is 0 Å². The van der Waals surface area contributed by atoms with Crippen molar-refractivity contribution in [1.82, 2.24) is 4.98 Å². The van der Waals surface area contributed by atoms with Crippen LogP contribution in [0, 0.1) is 29.1 Å². The molecular weight excluding hydrogens is 190 g/mol. The fraction of sp³-hybridized carbons (Fsp3) is 0. The van der Waals surface area contributed by atoms with Crippen LogP contribution in [0.2, 0.25) is 0 Å². The zero-order valence-corrected chi connectivity index (χ0v) is 7.56. The van der Waals surface area contributed by atoms with Gasteiger partial charge in [0.05, 0.1) is 29.5 Å². The second kappa shape index (κ2) is 3.65. The van der Waals surface area contributed by atoms with E-state index in [1.807, 2.05) is 12.1 Å². The van der Waals surface area contributed by atoms with Crippen LogP contribution in [0.1, 0.15) is 11.1 Å².